The molecule has 0 fully saturated rings. The van der Waals surface area contributed by atoms with Gasteiger partial charge in [0.15, 0.2) is 6.35 Å². The highest BCUT2D eigenvalue weighted by molar-refractivity contribution is 4.70. The Morgan fingerprint density at radius 3 is 0.708 bits per heavy atom. The van der Waals surface area contributed by atoms with E-state index in [0.717, 1.165) is 6.61 Å². The summed E-state index contributed by atoms with van der Waals surface area (Å²) in [5, 5.41) is 0. The van der Waals surface area contributed by atoms with Gasteiger partial charge in [0.25, 0.3) is 0 Å². The lowest BCUT2D eigenvalue weighted by Gasteiger charge is -2.40. The highest BCUT2D eigenvalue weighted by Crippen LogP contribution is 2.19. The molecule has 0 saturated heterocycles. The molecule has 0 aromatic heterocycles. The number of nitrogens with zero attached hydrogens (tertiary/aromatic N) is 2. The number of hydrogen-bond donors (Lipinski definition) is 0. The zero-order valence-electron chi connectivity index (χ0n) is 34.5. The van der Waals surface area contributed by atoms with Gasteiger partial charge in [-0.3, -0.25) is 9.80 Å². The molecule has 0 heterocycles. The van der Waals surface area contributed by atoms with Crippen molar-refractivity contribution in [2.24, 2.45) is 0 Å². The molecule has 0 radical (unpaired) electrons. The predicted molar refractivity (Wildman–Crippen MR) is 218 cm³/mol. The van der Waals surface area contributed by atoms with Crippen molar-refractivity contribution >= 4 is 0 Å². The summed E-state index contributed by atoms with van der Waals surface area (Å²) in [7, 11) is 0. The second-order valence-electron chi connectivity index (χ2n) is 15.5. The number of ether oxygens (including phenoxy) is 1. The zero-order chi connectivity index (χ0) is 35.0. The van der Waals surface area contributed by atoms with Crippen molar-refractivity contribution in [1.29, 1.82) is 0 Å². The third-order valence-corrected chi connectivity index (χ3v) is 10.6. The normalized spacial score (nSPS) is 12.0. The molecule has 0 saturated carbocycles. The van der Waals surface area contributed by atoms with Gasteiger partial charge >= 0.3 is 0 Å². The van der Waals surface area contributed by atoms with Crippen LogP contribution >= 0.6 is 0 Å². The summed E-state index contributed by atoms with van der Waals surface area (Å²) < 4.78 is 6.95. The van der Waals surface area contributed by atoms with Gasteiger partial charge in [0.05, 0.1) is 6.61 Å². The van der Waals surface area contributed by atoms with Crippen LogP contribution in [0.4, 0.5) is 0 Å². The Balaban J connectivity index is 5.39. The number of rotatable bonds is 42. The molecule has 0 bridgehead atoms. The van der Waals surface area contributed by atoms with E-state index in [0.29, 0.717) is 0 Å². The molecule has 0 aromatic rings. The Labute approximate surface area is 305 Å². The topological polar surface area (TPSA) is 15.7 Å². The zero-order valence-corrected chi connectivity index (χ0v) is 34.5. The molecule has 0 aliphatic heterocycles. The highest BCUT2D eigenvalue weighted by atomic mass is 16.5. The molecule has 0 unspecified atom stereocenters. The van der Waals surface area contributed by atoms with Crippen molar-refractivity contribution < 1.29 is 4.74 Å². The molecule has 0 aromatic carbocycles. The molecular formula is C45H94N2O. The van der Waals surface area contributed by atoms with E-state index in [1.165, 1.54) is 244 Å². The lowest BCUT2D eigenvalue weighted by atomic mass is 10.1. The monoisotopic (exact) mass is 679 g/mol. The summed E-state index contributed by atoms with van der Waals surface area (Å²) in [6.07, 6.45) is 47.3. The van der Waals surface area contributed by atoms with Crippen LogP contribution in [0.25, 0.3) is 0 Å². The van der Waals surface area contributed by atoms with E-state index < -0.39 is 0 Å². The minimum absolute atomic E-state index is 0.180. The average molecular weight is 679 g/mol. The quantitative estimate of drug-likeness (QED) is 0.0472. The molecule has 0 atom stereocenters. The first-order valence-electron chi connectivity index (χ1n) is 22.8. The Morgan fingerprint density at radius 2 is 0.479 bits per heavy atom. The van der Waals surface area contributed by atoms with E-state index >= 15 is 0 Å². The molecule has 3 nitrogen and oxygen atoms in total. The molecule has 0 rings (SSSR count). The Bertz CT molecular complexity index is 485. The van der Waals surface area contributed by atoms with Crippen molar-refractivity contribution in [1.82, 2.24) is 9.80 Å². The fourth-order valence-corrected chi connectivity index (χ4v) is 7.24. The van der Waals surface area contributed by atoms with Gasteiger partial charge in [-0.2, -0.15) is 0 Å². The fourth-order valence-electron chi connectivity index (χ4n) is 7.24. The lowest BCUT2D eigenvalue weighted by Crippen LogP contribution is -2.51. The average Bonchev–Trinajstić information content (AvgIpc) is 3.10. The first-order valence-corrected chi connectivity index (χ1v) is 22.8. The van der Waals surface area contributed by atoms with Crippen molar-refractivity contribution in [3.05, 3.63) is 0 Å². The molecule has 0 spiro atoms. The molecule has 0 amide bonds. The molecule has 0 aliphatic rings. The maximum Gasteiger partial charge on any atom is 0.168 e. The Kier molecular flexibility index (Phi) is 41.2. The van der Waals surface area contributed by atoms with Crippen LogP contribution in [0, 0.1) is 0 Å². The standard InChI is InChI=1S/C45H94N2O/c1-6-11-16-20-24-28-32-36-40-46(41-37-33-29-25-21-17-12-7-2)45(48-44-15-10-5)47(42-38-34-30-26-22-18-13-8-3)43-39-35-31-27-23-19-14-9-4/h45H,6-44H2,1-5H3. The molecule has 290 valence electrons. The van der Waals surface area contributed by atoms with Crippen LogP contribution in [0.2, 0.25) is 0 Å². The van der Waals surface area contributed by atoms with E-state index in [4.69, 9.17) is 4.74 Å². The first kappa shape index (κ1) is 47.9. The fraction of sp³-hybridized carbons (Fsp3) is 1.00. The van der Waals surface area contributed by atoms with Gasteiger partial charge in [0, 0.05) is 26.2 Å². The third-order valence-electron chi connectivity index (χ3n) is 10.6. The van der Waals surface area contributed by atoms with Gasteiger partial charge in [-0.15, -0.1) is 0 Å². The van der Waals surface area contributed by atoms with Crippen LogP contribution in [0.5, 0.6) is 0 Å². The van der Waals surface area contributed by atoms with Gasteiger partial charge in [0.1, 0.15) is 0 Å². The van der Waals surface area contributed by atoms with Crippen LogP contribution < -0.4 is 0 Å². The van der Waals surface area contributed by atoms with E-state index in [-0.39, 0.29) is 6.35 Å². The summed E-state index contributed by atoms with van der Waals surface area (Å²) in [6.45, 7) is 17.4. The summed E-state index contributed by atoms with van der Waals surface area (Å²) in [5.74, 6) is 0. The smallest absolute Gasteiger partial charge is 0.168 e. The van der Waals surface area contributed by atoms with Crippen LogP contribution in [-0.2, 0) is 4.74 Å². The van der Waals surface area contributed by atoms with Crippen molar-refractivity contribution in [2.75, 3.05) is 32.8 Å². The Morgan fingerprint density at radius 1 is 0.271 bits per heavy atom. The van der Waals surface area contributed by atoms with E-state index in [1.807, 2.05) is 0 Å². The molecular weight excluding hydrogens is 585 g/mol. The van der Waals surface area contributed by atoms with Crippen LogP contribution in [0.3, 0.4) is 0 Å². The second kappa shape index (κ2) is 41.3. The summed E-state index contributed by atoms with van der Waals surface area (Å²) in [5.41, 5.74) is 0. The number of unbranched alkanes of at least 4 members (excludes halogenated alkanes) is 29. The van der Waals surface area contributed by atoms with Gasteiger partial charge in [-0.25, -0.2) is 0 Å². The predicted octanol–water partition coefficient (Wildman–Crippen LogP) is 15.3. The van der Waals surface area contributed by atoms with Gasteiger partial charge in [-0.1, -0.05) is 221 Å². The summed E-state index contributed by atoms with van der Waals surface area (Å²) in [4.78, 5) is 5.64. The highest BCUT2D eigenvalue weighted by Gasteiger charge is 2.25. The summed E-state index contributed by atoms with van der Waals surface area (Å²) in [6, 6.07) is 0. The molecule has 0 aliphatic carbocycles. The lowest BCUT2D eigenvalue weighted by molar-refractivity contribution is -0.156. The minimum Gasteiger partial charge on any atom is -0.349 e. The van der Waals surface area contributed by atoms with Gasteiger partial charge < -0.3 is 4.74 Å². The van der Waals surface area contributed by atoms with Crippen LogP contribution in [0.15, 0.2) is 0 Å². The summed E-state index contributed by atoms with van der Waals surface area (Å²) >= 11 is 0. The van der Waals surface area contributed by atoms with E-state index in [2.05, 4.69) is 44.4 Å². The second-order valence-corrected chi connectivity index (χ2v) is 15.5. The third kappa shape index (κ3) is 33.0. The molecule has 48 heavy (non-hydrogen) atoms. The van der Waals surface area contributed by atoms with Crippen molar-refractivity contribution in [3.63, 3.8) is 0 Å². The largest absolute Gasteiger partial charge is 0.349 e. The first-order chi connectivity index (χ1) is 23.7. The Hall–Kier alpha value is -0.120. The SMILES string of the molecule is CCCCCCCCCCN(CCCCCCCCCC)C(OCCCC)N(CCCCCCCCCC)CCCCCCCCCC. The van der Waals surface area contributed by atoms with Gasteiger partial charge in [-0.05, 0) is 32.1 Å². The van der Waals surface area contributed by atoms with E-state index in [9.17, 15) is 0 Å². The van der Waals surface area contributed by atoms with Crippen molar-refractivity contribution in [3.8, 4) is 0 Å². The van der Waals surface area contributed by atoms with E-state index in [1.54, 1.807) is 0 Å². The van der Waals surface area contributed by atoms with Crippen LogP contribution in [0.1, 0.15) is 253 Å². The minimum atomic E-state index is 0.180. The van der Waals surface area contributed by atoms with Crippen molar-refractivity contribution in [2.45, 2.75) is 259 Å². The van der Waals surface area contributed by atoms with Crippen LogP contribution in [-0.4, -0.2) is 48.9 Å². The molecule has 3 heteroatoms. The number of hydrogen-bond acceptors (Lipinski definition) is 3. The van der Waals surface area contributed by atoms with Gasteiger partial charge in [0.2, 0.25) is 0 Å². The maximum atomic E-state index is 6.95. The molecule has 0 N–H and O–H groups in total. The maximum absolute atomic E-state index is 6.95.